The van der Waals surface area contributed by atoms with Crippen molar-refractivity contribution in [3.8, 4) is 0 Å². The van der Waals surface area contributed by atoms with Crippen LogP contribution in [-0.2, 0) is 4.79 Å². The summed E-state index contributed by atoms with van der Waals surface area (Å²) >= 11 is 6.20. The number of carbonyl (C=O) groups is 2. The standard InChI is InChI=1S/C19H19ClN2O3/c20-15-12-14(21-18(23)11-13-5-2-1-3-6-13)8-9-16(15)22-19(24)17-7-4-10-25-17/h4,7-12H,1-3,5-6H2,(H,21,23)(H,22,24). The van der Waals surface area contributed by atoms with Gasteiger partial charge < -0.3 is 15.1 Å². The maximum atomic E-state index is 12.1. The van der Waals surface area contributed by atoms with Crippen LogP contribution in [0.4, 0.5) is 11.4 Å². The Morgan fingerprint density at radius 3 is 2.56 bits per heavy atom. The zero-order valence-electron chi connectivity index (χ0n) is 13.7. The van der Waals surface area contributed by atoms with Crippen LogP contribution in [0.1, 0.15) is 42.7 Å². The monoisotopic (exact) mass is 358 g/mol. The number of hydrogen-bond donors (Lipinski definition) is 2. The van der Waals surface area contributed by atoms with Gasteiger partial charge >= 0.3 is 0 Å². The highest BCUT2D eigenvalue weighted by Gasteiger charge is 2.12. The van der Waals surface area contributed by atoms with Gasteiger partial charge in [0.15, 0.2) is 5.76 Å². The second-order valence-electron chi connectivity index (χ2n) is 5.98. The third kappa shape index (κ3) is 4.73. The molecule has 5 nitrogen and oxygen atoms in total. The first kappa shape index (κ1) is 17.3. The van der Waals surface area contributed by atoms with E-state index in [1.54, 1.807) is 36.4 Å². The molecule has 1 aliphatic carbocycles. The summed E-state index contributed by atoms with van der Waals surface area (Å²) in [6.45, 7) is 0. The van der Waals surface area contributed by atoms with Gasteiger partial charge in [-0.25, -0.2) is 0 Å². The third-order valence-electron chi connectivity index (χ3n) is 4.06. The first-order valence-corrected chi connectivity index (χ1v) is 8.64. The lowest BCUT2D eigenvalue weighted by atomic mass is 9.94. The SMILES string of the molecule is O=C(C=C1CCCCC1)Nc1ccc(NC(=O)c2ccco2)c(Cl)c1. The van der Waals surface area contributed by atoms with Crippen LogP contribution in [0.3, 0.4) is 0 Å². The van der Waals surface area contributed by atoms with Crippen LogP contribution >= 0.6 is 11.6 Å². The fourth-order valence-corrected chi connectivity index (χ4v) is 3.03. The third-order valence-corrected chi connectivity index (χ3v) is 4.37. The Bertz CT molecular complexity index is 789. The van der Waals surface area contributed by atoms with Crippen LogP contribution in [0.15, 0.2) is 52.7 Å². The van der Waals surface area contributed by atoms with Crippen molar-refractivity contribution in [1.29, 1.82) is 0 Å². The van der Waals surface area contributed by atoms with Crippen LogP contribution in [0.25, 0.3) is 0 Å². The molecule has 0 bridgehead atoms. The number of amides is 2. The first-order valence-electron chi connectivity index (χ1n) is 8.26. The zero-order valence-corrected chi connectivity index (χ0v) is 14.4. The molecule has 6 heteroatoms. The van der Waals surface area contributed by atoms with E-state index >= 15 is 0 Å². The molecule has 1 aromatic heterocycles. The number of carbonyl (C=O) groups excluding carboxylic acids is 2. The lowest BCUT2D eigenvalue weighted by molar-refractivity contribution is -0.112. The van der Waals surface area contributed by atoms with Gasteiger partial charge in [-0.05, 0) is 56.0 Å². The molecule has 0 aliphatic heterocycles. The van der Waals surface area contributed by atoms with Crippen molar-refractivity contribution in [3.63, 3.8) is 0 Å². The molecule has 0 spiro atoms. The summed E-state index contributed by atoms with van der Waals surface area (Å²) in [5.74, 6) is -0.335. The van der Waals surface area contributed by atoms with Crippen LogP contribution < -0.4 is 10.6 Å². The molecule has 2 aromatic rings. The molecule has 0 saturated heterocycles. The second kappa shape index (κ2) is 8.03. The average molecular weight is 359 g/mol. The second-order valence-corrected chi connectivity index (χ2v) is 6.39. The van der Waals surface area contributed by atoms with E-state index in [4.69, 9.17) is 16.0 Å². The molecule has 1 saturated carbocycles. The molecule has 1 heterocycles. The van der Waals surface area contributed by atoms with Crippen molar-refractivity contribution in [2.75, 3.05) is 10.6 Å². The number of benzene rings is 1. The van der Waals surface area contributed by atoms with Crippen molar-refractivity contribution in [2.24, 2.45) is 0 Å². The van der Waals surface area contributed by atoms with E-state index in [2.05, 4.69) is 10.6 Å². The summed E-state index contributed by atoms with van der Waals surface area (Å²) in [5, 5.41) is 5.81. The number of nitrogens with one attached hydrogen (secondary N) is 2. The van der Waals surface area contributed by atoms with E-state index in [-0.39, 0.29) is 17.6 Å². The molecule has 2 amide bonds. The molecule has 0 atom stereocenters. The maximum Gasteiger partial charge on any atom is 0.291 e. The predicted octanol–water partition coefficient (Wildman–Crippen LogP) is 5.01. The Morgan fingerprint density at radius 2 is 1.88 bits per heavy atom. The molecule has 2 N–H and O–H groups in total. The van der Waals surface area contributed by atoms with Crippen molar-refractivity contribution in [1.82, 2.24) is 0 Å². The van der Waals surface area contributed by atoms with E-state index in [1.165, 1.54) is 18.3 Å². The van der Waals surface area contributed by atoms with Gasteiger partial charge in [0.1, 0.15) is 0 Å². The van der Waals surface area contributed by atoms with Crippen molar-refractivity contribution in [3.05, 3.63) is 59.0 Å². The van der Waals surface area contributed by atoms with Crippen molar-refractivity contribution in [2.45, 2.75) is 32.1 Å². The van der Waals surface area contributed by atoms with Crippen LogP contribution in [0.2, 0.25) is 5.02 Å². The highest BCUT2D eigenvalue weighted by molar-refractivity contribution is 6.34. The molecular formula is C19H19ClN2O3. The topological polar surface area (TPSA) is 71.3 Å². The molecule has 25 heavy (non-hydrogen) atoms. The van der Waals surface area contributed by atoms with Crippen LogP contribution in [0.5, 0.6) is 0 Å². The molecule has 1 fully saturated rings. The van der Waals surface area contributed by atoms with Gasteiger partial charge in [-0.15, -0.1) is 0 Å². The molecule has 130 valence electrons. The van der Waals surface area contributed by atoms with Gasteiger partial charge in [0, 0.05) is 11.8 Å². The Kier molecular flexibility index (Phi) is 5.56. The minimum Gasteiger partial charge on any atom is -0.459 e. The normalized spacial score (nSPS) is 14.0. The van der Waals surface area contributed by atoms with E-state index in [1.807, 2.05) is 0 Å². The quantitative estimate of drug-likeness (QED) is 0.754. The highest BCUT2D eigenvalue weighted by Crippen LogP contribution is 2.27. The lowest BCUT2D eigenvalue weighted by Gasteiger charge is -2.13. The Morgan fingerprint density at radius 1 is 1.08 bits per heavy atom. The van der Waals surface area contributed by atoms with Crippen molar-refractivity contribution >= 4 is 34.8 Å². The lowest BCUT2D eigenvalue weighted by Crippen LogP contribution is -2.12. The Hall–Kier alpha value is -2.53. The molecule has 0 radical (unpaired) electrons. The van der Waals surface area contributed by atoms with E-state index in [0.717, 1.165) is 25.7 Å². The van der Waals surface area contributed by atoms with Gasteiger partial charge in [-0.1, -0.05) is 23.6 Å². The minimum atomic E-state index is -0.384. The largest absolute Gasteiger partial charge is 0.459 e. The number of allylic oxidation sites excluding steroid dienone is 1. The fourth-order valence-electron chi connectivity index (χ4n) is 2.80. The minimum absolute atomic E-state index is 0.152. The van der Waals surface area contributed by atoms with Crippen LogP contribution in [-0.4, -0.2) is 11.8 Å². The van der Waals surface area contributed by atoms with Crippen LogP contribution in [0, 0.1) is 0 Å². The van der Waals surface area contributed by atoms with Gasteiger partial charge in [0.25, 0.3) is 5.91 Å². The van der Waals surface area contributed by atoms with Gasteiger partial charge in [0.2, 0.25) is 5.91 Å². The number of hydrogen-bond acceptors (Lipinski definition) is 3. The summed E-state index contributed by atoms with van der Waals surface area (Å²) in [6.07, 6.45) is 8.62. The maximum absolute atomic E-state index is 12.1. The Balaban J connectivity index is 1.63. The first-order chi connectivity index (χ1) is 12.1. The average Bonchev–Trinajstić information content (AvgIpc) is 3.13. The van der Waals surface area contributed by atoms with E-state index in [0.29, 0.717) is 16.4 Å². The van der Waals surface area contributed by atoms with Gasteiger partial charge in [-0.2, -0.15) is 0 Å². The summed E-state index contributed by atoms with van der Waals surface area (Å²) in [4.78, 5) is 24.1. The number of halogens is 1. The van der Waals surface area contributed by atoms with E-state index < -0.39 is 0 Å². The smallest absolute Gasteiger partial charge is 0.291 e. The van der Waals surface area contributed by atoms with E-state index in [9.17, 15) is 9.59 Å². The summed E-state index contributed by atoms with van der Waals surface area (Å²) in [5.41, 5.74) is 2.22. The van der Waals surface area contributed by atoms with Gasteiger partial charge in [0.05, 0.1) is 17.0 Å². The zero-order chi connectivity index (χ0) is 17.6. The van der Waals surface area contributed by atoms with Crippen molar-refractivity contribution < 1.29 is 14.0 Å². The Labute approximate surface area is 151 Å². The predicted molar refractivity (Wildman–Crippen MR) is 97.9 cm³/mol. The molecule has 1 aliphatic rings. The molecule has 0 unspecified atom stereocenters. The number of anilines is 2. The number of rotatable bonds is 4. The molecule has 1 aromatic carbocycles. The summed E-state index contributed by atoms with van der Waals surface area (Å²) < 4.78 is 5.04. The van der Waals surface area contributed by atoms with Gasteiger partial charge in [-0.3, -0.25) is 9.59 Å². The molecule has 3 rings (SSSR count). The highest BCUT2D eigenvalue weighted by atomic mass is 35.5. The summed E-state index contributed by atoms with van der Waals surface area (Å²) in [7, 11) is 0. The number of furan rings is 1. The fraction of sp³-hybridized carbons (Fsp3) is 0.263. The summed E-state index contributed by atoms with van der Waals surface area (Å²) in [6, 6.07) is 8.15. The molecular weight excluding hydrogens is 340 g/mol.